The highest BCUT2D eigenvalue weighted by Gasteiger charge is 2.46. The van der Waals surface area contributed by atoms with Crippen LogP contribution in [0.3, 0.4) is 0 Å². The highest BCUT2D eigenvalue weighted by Crippen LogP contribution is 2.29. The first-order chi connectivity index (χ1) is 13.8. The van der Waals surface area contributed by atoms with E-state index in [2.05, 4.69) is 0 Å². The number of nitrogens with one attached hydrogen (secondary N) is 1. The summed E-state index contributed by atoms with van der Waals surface area (Å²) in [4.78, 5) is 23.5. The molecule has 4 atom stereocenters. The van der Waals surface area contributed by atoms with Gasteiger partial charge in [-0.2, -0.15) is 26.3 Å². The number of aliphatic hydroxyl groups is 1. The zero-order valence-electron chi connectivity index (χ0n) is 15.7. The van der Waals surface area contributed by atoms with Gasteiger partial charge in [0.05, 0.1) is 18.2 Å². The molecule has 0 spiro atoms. The maximum absolute atomic E-state index is 13.1. The number of hydrogen-bond acceptors (Lipinski definition) is 4. The highest BCUT2D eigenvalue weighted by atomic mass is 19.4. The Labute approximate surface area is 167 Å². The summed E-state index contributed by atoms with van der Waals surface area (Å²) in [7, 11) is 0. The molecule has 0 saturated carbocycles. The number of benzene rings is 1. The number of alkyl halides is 6. The molecule has 12 heteroatoms. The molecule has 1 heterocycles. The number of aliphatic hydroxyl groups excluding tert-OH is 1. The molecule has 0 unspecified atom stereocenters. The van der Waals surface area contributed by atoms with Crippen molar-refractivity contribution in [1.82, 2.24) is 10.2 Å². The van der Waals surface area contributed by atoms with Crippen molar-refractivity contribution < 1.29 is 45.8 Å². The lowest BCUT2D eigenvalue weighted by atomic mass is 10.0. The van der Waals surface area contributed by atoms with E-state index in [1.165, 1.54) is 6.92 Å². The SMILES string of the molecule is C[C@H](c1ccccc1)N(C[C@@H]1CC[C@@H](NC(=O)C(F)(F)F)[C@@H](O)O1)C(=O)C(F)(F)F. The van der Waals surface area contributed by atoms with Crippen molar-refractivity contribution in [3.63, 3.8) is 0 Å². The predicted molar refractivity (Wildman–Crippen MR) is 90.7 cm³/mol. The van der Waals surface area contributed by atoms with Crippen LogP contribution in [0.25, 0.3) is 0 Å². The van der Waals surface area contributed by atoms with Gasteiger partial charge in [0.15, 0.2) is 6.29 Å². The summed E-state index contributed by atoms with van der Waals surface area (Å²) < 4.78 is 81.4. The third kappa shape index (κ3) is 6.08. The van der Waals surface area contributed by atoms with Crippen molar-refractivity contribution in [2.45, 2.75) is 56.6 Å². The molecule has 0 aromatic heterocycles. The Balaban J connectivity index is 2.10. The van der Waals surface area contributed by atoms with Crippen molar-refractivity contribution in [1.29, 1.82) is 0 Å². The van der Waals surface area contributed by atoms with Gasteiger partial charge in [-0.15, -0.1) is 0 Å². The van der Waals surface area contributed by atoms with Gasteiger partial charge in [-0.25, -0.2) is 0 Å². The average Bonchev–Trinajstić information content (AvgIpc) is 2.66. The molecule has 1 aliphatic rings. The summed E-state index contributed by atoms with van der Waals surface area (Å²) in [5, 5.41) is 11.5. The van der Waals surface area contributed by atoms with E-state index in [0.29, 0.717) is 10.5 Å². The Bertz CT molecular complexity index is 740. The van der Waals surface area contributed by atoms with E-state index in [-0.39, 0.29) is 12.8 Å². The number of amides is 2. The Morgan fingerprint density at radius 1 is 1.13 bits per heavy atom. The fourth-order valence-corrected chi connectivity index (χ4v) is 3.11. The van der Waals surface area contributed by atoms with Gasteiger partial charge < -0.3 is 20.1 Å². The predicted octanol–water partition coefficient (Wildman–Crippen LogP) is 2.68. The Hall–Kier alpha value is -2.34. The molecule has 1 fully saturated rings. The summed E-state index contributed by atoms with van der Waals surface area (Å²) >= 11 is 0. The molecule has 0 bridgehead atoms. The number of rotatable bonds is 5. The van der Waals surface area contributed by atoms with Gasteiger partial charge in [0.1, 0.15) is 0 Å². The lowest BCUT2D eigenvalue weighted by Crippen LogP contribution is -2.55. The summed E-state index contributed by atoms with van der Waals surface area (Å²) in [6.45, 7) is 0.843. The largest absolute Gasteiger partial charge is 0.471 e. The van der Waals surface area contributed by atoms with E-state index in [1.54, 1.807) is 35.6 Å². The van der Waals surface area contributed by atoms with E-state index < -0.39 is 55.2 Å². The number of nitrogens with zero attached hydrogens (tertiary/aromatic N) is 1. The average molecular weight is 442 g/mol. The van der Waals surface area contributed by atoms with Gasteiger partial charge in [0.25, 0.3) is 0 Å². The number of ether oxygens (including phenoxy) is 1. The smallest absolute Gasteiger partial charge is 0.366 e. The molecule has 1 aromatic carbocycles. The van der Waals surface area contributed by atoms with Crippen LogP contribution in [0.4, 0.5) is 26.3 Å². The number of hydrogen-bond donors (Lipinski definition) is 2. The van der Waals surface area contributed by atoms with Crippen LogP contribution in [0.2, 0.25) is 0 Å². The minimum absolute atomic E-state index is 0.0803. The molecule has 2 N–H and O–H groups in total. The van der Waals surface area contributed by atoms with Crippen LogP contribution in [0.1, 0.15) is 31.4 Å². The summed E-state index contributed by atoms with van der Waals surface area (Å²) in [5.41, 5.74) is 0.432. The fourth-order valence-electron chi connectivity index (χ4n) is 3.11. The van der Waals surface area contributed by atoms with Gasteiger partial charge >= 0.3 is 24.2 Å². The molecule has 2 amide bonds. The summed E-state index contributed by atoms with van der Waals surface area (Å²) in [6, 6.07) is 5.56. The minimum atomic E-state index is -5.16. The first kappa shape index (κ1) is 23.9. The van der Waals surface area contributed by atoms with Gasteiger partial charge in [-0.05, 0) is 25.3 Å². The fraction of sp³-hybridized carbons (Fsp3) is 0.556. The molecule has 2 rings (SSSR count). The lowest BCUT2D eigenvalue weighted by Gasteiger charge is -2.38. The van der Waals surface area contributed by atoms with E-state index in [4.69, 9.17) is 4.74 Å². The van der Waals surface area contributed by atoms with Gasteiger partial charge in [-0.3, -0.25) is 9.59 Å². The third-order valence-electron chi connectivity index (χ3n) is 4.70. The highest BCUT2D eigenvalue weighted by molar-refractivity contribution is 5.82. The van der Waals surface area contributed by atoms with Crippen molar-refractivity contribution >= 4 is 11.8 Å². The van der Waals surface area contributed by atoms with Crippen LogP contribution >= 0.6 is 0 Å². The lowest BCUT2D eigenvalue weighted by molar-refractivity contribution is -0.205. The topological polar surface area (TPSA) is 78.9 Å². The third-order valence-corrected chi connectivity index (χ3v) is 4.70. The Morgan fingerprint density at radius 3 is 2.23 bits per heavy atom. The van der Waals surface area contributed by atoms with Crippen molar-refractivity contribution in [3.05, 3.63) is 35.9 Å². The molecule has 6 nitrogen and oxygen atoms in total. The second-order valence-electron chi connectivity index (χ2n) is 6.85. The first-order valence-corrected chi connectivity index (χ1v) is 8.94. The number of carbonyl (C=O) groups excluding carboxylic acids is 2. The second kappa shape index (κ2) is 9.21. The molecule has 168 valence electrons. The molecule has 1 aromatic rings. The first-order valence-electron chi connectivity index (χ1n) is 8.94. The minimum Gasteiger partial charge on any atom is -0.366 e. The van der Waals surface area contributed by atoms with Crippen LogP contribution in [-0.4, -0.2) is 59.2 Å². The van der Waals surface area contributed by atoms with Crippen LogP contribution in [0.5, 0.6) is 0 Å². The van der Waals surface area contributed by atoms with Crippen LogP contribution in [-0.2, 0) is 14.3 Å². The monoisotopic (exact) mass is 442 g/mol. The summed E-state index contributed by atoms with van der Waals surface area (Å²) in [5.74, 6) is -4.37. The standard InChI is InChI=1S/C18H20F6N2O4/c1-10(11-5-3-2-4-6-11)26(16(29)18(22,23)24)9-12-7-8-13(14(27)30-12)25-15(28)17(19,20)21/h2-6,10,12-14,27H,7-9H2,1H3,(H,25,28)/t10-,12+,13-,14+/m1/s1. The van der Waals surface area contributed by atoms with Crippen LogP contribution in [0, 0.1) is 0 Å². The Morgan fingerprint density at radius 2 is 1.73 bits per heavy atom. The van der Waals surface area contributed by atoms with E-state index in [1.807, 2.05) is 0 Å². The maximum Gasteiger partial charge on any atom is 0.471 e. The van der Waals surface area contributed by atoms with Crippen molar-refractivity contribution in [2.75, 3.05) is 6.54 Å². The Kier molecular flexibility index (Phi) is 7.35. The maximum atomic E-state index is 13.1. The van der Waals surface area contributed by atoms with Crippen LogP contribution < -0.4 is 5.32 Å². The van der Waals surface area contributed by atoms with Gasteiger partial charge in [0.2, 0.25) is 0 Å². The van der Waals surface area contributed by atoms with Crippen molar-refractivity contribution in [3.8, 4) is 0 Å². The summed E-state index contributed by atoms with van der Waals surface area (Å²) in [6.07, 6.45) is -13.5. The zero-order chi connectivity index (χ0) is 22.7. The van der Waals surface area contributed by atoms with Crippen molar-refractivity contribution in [2.24, 2.45) is 0 Å². The molecule has 1 saturated heterocycles. The quantitative estimate of drug-likeness (QED) is 0.688. The molecule has 1 aliphatic heterocycles. The normalized spacial score (nSPS) is 23.5. The molecule has 0 radical (unpaired) electrons. The van der Waals surface area contributed by atoms with Gasteiger partial charge in [0, 0.05) is 6.54 Å². The molecular weight excluding hydrogens is 422 g/mol. The van der Waals surface area contributed by atoms with E-state index >= 15 is 0 Å². The number of carbonyl (C=O) groups is 2. The molecule has 30 heavy (non-hydrogen) atoms. The van der Waals surface area contributed by atoms with E-state index in [9.17, 15) is 41.0 Å². The van der Waals surface area contributed by atoms with Crippen LogP contribution in [0.15, 0.2) is 30.3 Å². The zero-order valence-corrected chi connectivity index (χ0v) is 15.7. The molecular formula is C18H20F6N2O4. The van der Waals surface area contributed by atoms with Gasteiger partial charge in [-0.1, -0.05) is 30.3 Å². The second-order valence-corrected chi connectivity index (χ2v) is 6.85. The molecule has 0 aliphatic carbocycles. The van der Waals surface area contributed by atoms with E-state index in [0.717, 1.165) is 0 Å². The number of halogens is 6.